The van der Waals surface area contributed by atoms with Gasteiger partial charge in [0.15, 0.2) is 5.82 Å². The highest BCUT2D eigenvalue weighted by Gasteiger charge is 2.20. The van der Waals surface area contributed by atoms with Crippen molar-refractivity contribution in [2.75, 3.05) is 0 Å². The fourth-order valence-electron chi connectivity index (χ4n) is 8.38. The normalized spacial score (nSPS) is 11.6. The minimum atomic E-state index is 0.701. The summed E-state index contributed by atoms with van der Waals surface area (Å²) in [4.78, 5) is 10.7. The van der Waals surface area contributed by atoms with Gasteiger partial charge in [-0.15, -0.1) is 11.3 Å². The third-order valence-electron chi connectivity index (χ3n) is 10.9. The molecule has 0 fully saturated rings. The molecule has 0 aliphatic rings. The molecule has 11 aromatic rings. The van der Waals surface area contributed by atoms with Crippen LogP contribution in [0.25, 0.3) is 109 Å². The summed E-state index contributed by atoms with van der Waals surface area (Å²) in [6.07, 6.45) is 0. The fraction of sp³-hybridized carbons (Fsp3) is 0. The van der Waals surface area contributed by atoms with Gasteiger partial charge in [-0.3, -0.25) is 0 Å². The molecule has 9 aromatic carbocycles. The Hall–Kier alpha value is -6.94. The quantitative estimate of drug-likeness (QED) is 0.131. The van der Waals surface area contributed by atoms with Gasteiger partial charge in [0.1, 0.15) is 0 Å². The average molecular weight is 717 g/mol. The van der Waals surface area contributed by atoms with Crippen LogP contribution < -0.4 is 0 Å². The van der Waals surface area contributed by atoms with E-state index >= 15 is 0 Å². The summed E-state index contributed by atoms with van der Waals surface area (Å²) in [7, 11) is 0. The molecule has 0 bridgehead atoms. The lowest BCUT2D eigenvalue weighted by molar-refractivity contribution is 1.18. The summed E-state index contributed by atoms with van der Waals surface area (Å²) >= 11 is 1.86. The molecule has 0 N–H and O–H groups in total. The van der Waals surface area contributed by atoms with Crippen molar-refractivity contribution in [2.45, 2.75) is 0 Å². The van der Waals surface area contributed by atoms with Crippen LogP contribution in [-0.2, 0) is 0 Å². The van der Waals surface area contributed by atoms with E-state index in [0.717, 1.165) is 39.2 Å². The zero-order chi connectivity index (χ0) is 36.3. The largest absolute Gasteiger partial charge is 0.228 e. The third-order valence-corrected chi connectivity index (χ3v) is 12.1. The molecular weight excluding hydrogens is 685 g/mol. The summed E-state index contributed by atoms with van der Waals surface area (Å²) in [5.41, 5.74) is 9.63. The van der Waals surface area contributed by atoms with Gasteiger partial charge in [0.05, 0.1) is 11.4 Å². The van der Waals surface area contributed by atoms with Crippen molar-refractivity contribution in [1.82, 2.24) is 9.97 Å². The van der Waals surface area contributed by atoms with Crippen LogP contribution in [0.5, 0.6) is 0 Å². The fourth-order valence-corrected chi connectivity index (χ4v) is 9.61. The maximum absolute atomic E-state index is 5.37. The van der Waals surface area contributed by atoms with E-state index in [2.05, 4.69) is 188 Å². The maximum atomic E-state index is 5.37. The van der Waals surface area contributed by atoms with Gasteiger partial charge in [-0.25, -0.2) is 9.97 Å². The van der Waals surface area contributed by atoms with E-state index in [1.54, 1.807) is 0 Å². The zero-order valence-corrected chi connectivity index (χ0v) is 30.6. The van der Waals surface area contributed by atoms with Crippen molar-refractivity contribution >= 4 is 63.8 Å². The van der Waals surface area contributed by atoms with E-state index in [-0.39, 0.29) is 0 Å². The molecule has 0 aliphatic heterocycles. The van der Waals surface area contributed by atoms with Gasteiger partial charge in [-0.1, -0.05) is 176 Å². The van der Waals surface area contributed by atoms with E-state index in [1.165, 1.54) is 63.6 Å². The Morgan fingerprint density at radius 1 is 0.327 bits per heavy atom. The predicted octanol–water partition coefficient (Wildman–Crippen LogP) is 14.6. The van der Waals surface area contributed by atoms with Crippen molar-refractivity contribution in [3.8, 4) is 56.2 Å². The van der Waals surface area contributed by atoms with Crippen molar-refractivity contribution in [3.05, 3.63) is 194 Å². The molecule has 2 heterocycles. The number of hydrogen-bond donors (Lipinski definition) is 0. The minimum Gasteiger partial charge on any atom is -0.228 e. The van der Waals surface area contributed by atoms with E-state index < -0.39 is 0 Å². The molecule has 0 saturated heterocycles. The lowest BCUT2D eigenvalue weighted by Gasteiger charge is -2.18. The highest BCUT2D eigenvalue weighted by molar-refractivity contribution is 7.26. The summed E-state index contributed by atoms with van der Waals surface area (Å²) in [5.74, 6) is 0.701. The Morgan fingerprint density at radius 2 is 0.909 bits per heavy atom. The van der Waals surface area contributed by atoms with Gasteiger partial charge in [0.25, 0.3) is 0 Å². The Bertz CT molecular complexity index is 3270. The first-order valence-electron chi connectivity index (χ1n) is 18.7. The standard InChI is InChI=1S/C52H32N2S/c1-2-16-34(17-3-1)52-53-47(39-22-9-8-21-38(39)44-26-14-27-45-41-24-12-13-28-49(41)55-51(44)45)32-48(54-52)40-23-10-11-25-42(40)50-37-20-7-5-18-35(37)31-46-36-19-6-4-15-33(36)29-30-43(46)50/h1-32H. The monoisotopic (exact) mass is 716 g/mol. The SMILES string of the molecule is c1ccc(-c2nc(-c3ccccc3-c3c4ccccc4cc4c3ccc3ccccc34)cc(-c3ccccc3-c3cccc4c3sc3ccccc34)n2)cc1. The summed E-state index contributed by atoms with van der Waals surface area (Å²) in [5, 5.41) is 9.98. The lowest BCUT2D eigenvalue weighted by atomic mass is 9.87. The van der Waals surface area contributed by atoms with Gasteiger partial charge in [-0.05, 0) is 67.2 Å². The van der Waals surface area contributed by atoms with E-state index in [4.69, 9.17) is 9.97 Å². The first kappa shape index (κ1) is 31.6. The lowest BCUT2D eigenvalue weighted by Crippen LogP contribution is -1.98. The molecule has 0 spiro atoms. The number of benzene rings is 9. The number of aromatic nitrogens is 2. The number of rotatable bonds is 5. The molecule has 0 unspecified atom stereocenters. The molecular formula is C52H32N2S. The van der Waals surface area contributed by atoms with Gasteiger partial charge in [0.2, 0.25) is 0 Å². The highest BCUT2D eigenvalue weighted by atomic mass is 32.1. The highest BCUT2D eigenvalue weighted by Crippen LogP contribution is 2.45. The molecule has 0 radical (unpaired) electrons. The third kappa shape index (κ3) is 5.24. The van der Waals surface area contributed by atoms with Crippen LogP contribution in [0.2, 0.25) is 0 Å². The summed E-state index contributed by atoms with van der Waals surface area (Å²) in [6.45, 7) is 0. The van der Waals surface area contributed by atoms with Gasteiger partial charge >= 0.3 is 0 Å². The Kier molecular flexibility index (Phi) is 7.39. The molecule has 2 aromatic heterocycles. The van der Waals surface area contributed by atoms with Crippen molar-refractivity contribution in [1.29, 1.82) is 0 Å². The van der Waals surface area contributed by atoms with Gasteiger partial charge in [-0.2, -0.15) is 0 Å². The minimum absolute atomic E-state index is 0.701. The van der Waals surface area contributed by atoms with Gasteiger partial charge in [0, 0.05) is 42.4 Å². The van der Waals surface area contributed by atoms with E-state index in [1.807, 2.05) is 17.4 Å². The van der Waals surface area contributed by atoms with Crippen molar-refractivity contribution in [2.24, 2.45) is 0 Å². The first-order valence-corrected chi connectivity index (χ1v) is 19.5. The Morgan fingerprint density at radius 3 is 1.71 bits per heavy atom. The van der Waals surface area contributed by atoms with Crippen LogP contribution in [-0.4, -0.2) is 9.97 Å². The molecule has 256 valence electrons. The van der Waals surface area contributed by atoms with Gasteiger partial charge < -0.3 is 0 Å². The molecule has 3 heteroatoms. The molecule has 11 rings (SSSR count). The van der Waals surface area contributed by atoms with Crippen LogP contribution in [0.1, 0.15) is 0 Å². The molecule has 55 heavy (non-hydrogen) atoms. The smallest absolute Gasteiger partial charge is 0.160 e. The summed E-state index contributed by atoms with van der Waals surface area (Å²) in [6, 6.07) is 69.7. The number of fused-ring (bicyclic) bond motifs is 7. The second-order valence-corrected chi connectivity index (χ2v) is 15.1. The van der Waals surface area contributed by atoms with E-state index in [9.17, 15) is 0 Å². The van der Waals surface area contributed by atoms with Crippen LogP contribution in [0, 0.1) is 0 Å². The molecule has 2 nitrogen and oxygen atoms in total. The summed E-state index contributed by atoms with van der Waals surface area (Å²) < 4.78 is 2.58. The first-order chi connectivity index (χ1) is 27.3. The van der Waals surface area contributed by atoms with Crippen molar-refractivity contribution < 1.29 is 0 Å². The Balaban J connectivity index is 1.18. The topological polar surface area (TPSA) is 25.8 Å². The van der Waals surface area contributed by atoms with Crippen LogP contribution in [0.4, 0.5) is 0 Å². The van der Waals surface area contributed by atoms with E-state index in [0.29, 0.717) is 5.82 Å². The Labute approximate surface area is 322 Å². The van der Waals surface area contributed by atoms with Crippen LogP contribution in [0.15, 0.2) is 194 Å². The molecule has 0 saturated carbocycles. The molecule has 0 aliphatic carbocycles. The maximum Gasteiger partial charge on any atom is 0.160 e. The molecule has 0 amide bonds. The predicted molar refractivity (Wildman–Crippen MR) is 235 cm³/mol. The van der Waals surface area contributed by atoms with Crippen LogP contribution in [0.3, 0.4) is 0 Å². The number of hydrogen-bond acceptors (Lipinski definition) is 3. The zero-order valence-electron chi connectivity index (χ0n) is 29.8. The number of thiophene rings is 1. The average Bonchev–Trinajstić information content (AvgIpc) is 3.65. The molecule has 0 atom stereocenters. The second kappa shape index (κ2) is 12.9. The second-order valence-electron chi connectivity index (χ2n) is 14.1. The number of nitrogens with zero attached hydrogens (tertiary/aromatic N) is 2. The van der Waals surface area contributed by atoms with Crippen molar-refractivity contribution in [3.63, 3.8) is 0 Å². The van der Waals surface area contributed by atoms with Crippen LogP contribution >= 0.6 is 11.3 Å².